The van der Waals surface area contributed by atoms with E-state index in [1.54, 1.807) is 12.2 Å². The molecular weight excluding hydrogens is 342 g/mol. The molecule has 0 bridgehead atoms. The number of allylic oxidation sites excluding steroid dienone is 3. The average molecular weight is 369 g/mol. The SMILES string of the molecule is CCN(CC)C1(C(=N)N)C=CC(/C(=C(\C)C(=O)O)c2ccccc2)=C(O)C1. The highest BCUT2D eigenvalue weighted by atomic mass is 16.4. The Morgan fingerprint density at radius 3 is 2.30 bits per heavy atom. The summed E-state index contributed by atoms with van der Waals surface area (Å²) in [6.45, 7) is 6.80. The number of amidine groups is 1. The quantitative estimate of drug-likeness (QED) is 0.335. The number of nitrogens with one attached hydrogen (secondary N) is 1. The summed E-state index contributed by atoms with van der Waals surface area (Å²) in [6, 6.07) is 9.12. The van der Waals surface area contributed by atoms with E-state index in [0.717, 1.165) is 0 Å². The molecule has 6 nitrogen and oxygen atoms in total. The number of aliphatic carboxylic acids is 1. The van der Waals surface area contributed by atoms with Gasteiger partial charge in [0.25, 0.3) is 0 Å². The number of rotatable bonds is 7. The van der Waals surface area contributed by atoms with E-state index in [4.69, 9.17) is 11.1 Å². The van der Waals surface area contributed by atoms with Gasteiger partial charge in [0, 0.05) is 23.1 Å². The molecule has 1 aliphatic carbocycles. The maximum atomic E-state index is 11.7. The molecule has 1 unspecified atom stereocenters. The second-order valence-corrected chi connectivity index (χ2v) is 6.55. The van der Waals surface area contributed by atoms with Gasteiger partial charge < -0.3 is 15.9 Å². The predicted molar refractivity (Wildman–Crippen MR) is 108 cm³/mol. The highest BCUT2D eigenvalue weighted by molar-refractivity contribution is 6.02. The van der Waals surface area contributed by atoms with Gasteiger partial charge in [-0.2, -0.15) is 0 Å². The van der Waals surface area contributed by atoms with Crippen LogP contribution in [0.4, 0.5) is 0 Å². The summed E-state index contributed by atoms with van der Waals surface area (Å²) in [4.78, 5) is 13.7. The highest BCUT2D eigenvalue weighted by Gasteiger charge is 2.40. The monoisotopic (exact) mass is 369 g/mol. The van der Waals surface area contributed by atoms with Gasteiger partial charge in [0.05, 0.1) is 0 Å². The van der Waals surface area contributed by atoms with Gasteiger partial charge in [0.15, 0.2) is 0 Å². The van der Waals surface area contributed by atoms with Crippen molar-refractivity contribution in [3.05, 3.63) is 65.0 Å². The Labute approximate surface area is 159 Å². The van der Waals surface area contributed by atoms with Crippen molar-refractivity contribution in [1.82, 2.24) is 4.90 Å². The minimum Gasteiger partial charge on any atom is -0.512 e. The summed E-state index contributed by atoms with van der Waals surface area (Å²) in [7, 11) is 0. The number of carboxylic acid groups (broad SMARTS) is 1. The Kier molecular flexibility index (Phi) is 6.23. The normalized spacial score (nSPS) is 20.6. The van der Waals surface area contributed by atoms with Crippen LogP contribution in [0.5, 0.6) is 0 Å². The van der Waals surface area contributed by atoms with Crippen molar-refractivity contribution in [1.29, 1.82) is 5.41 Å². The van der Waals surface area contributed by atoms with Crippen molar-refractivity contribution >= 4 is 17.4 Å². The van der Waals surface area contributed by atoms with Gasteiger partial charge in [-0.15, -0.1) is 0 Å². The van der Waals surface area contributed by atoms with E-state index in [1.165, 1.54) is 6.92 Å². The van der Waals surface area contributed by atoms with Crippen LogP contribution in [-0.2, 0) is 4.79 Å². The average Bonchev–Trinajstić information content (AvgIpc) is 2.65. The number of hydrogen-bond acceptors (Lipinski definition) is 4. The van der Waals surface area contributed by atoms with Crippen molar-refractivity contribution in [2.45, 2.75) is 32.7 Å². The molecule has 0 heterocycles. The first kappa shape index (κ1) is 20.5. The van der Waals surface area contributed by atoms with Crippen molar-refractivity contribution in [2.75, 3.05) is 13.1 Å². The minimum atomic E-state index is -1.05. The molecule has 0 fully saturated rings. The van der Waals surface area contributed by atoms with Crippen LogP contribution >= 0.6 is 0 Å². The lowest BCUT2D eigenvalue weighted by Gasteiger charge is -2.42. The Hall–Kier alpha value is -2.86. The number of carboxylic acids is 1. The largest absolute Gasteiger partial charge is 0.512 e. The predicted octanol–water partition coefficient (Wildman–Crippen LogP) is 3.33. The number of aliphatic hydroxyl groups excluding tert-OH is 1. The Balaban J connectivity index is 2.62. The Morgan fingerprint density at radius 2 is 1.85 bits per heavy atom. The third kappa shape index (κ3) is 3.80. The molecule has 1 aromatic carbocycles. The summed E-state index contributed by atoms with van der Waals surface area (Å²) in [5, 5.41) is 28.5. The fraction of sp³-hybridized carbons (Fsp3) is 0.333. The van der Waals surface area contributed by atoms with Crippen LogP contribution < -0.4 is 5.73 Å². The lowest BCUT2D eigenvalue weighted by atomic mass is 9.80. The smallest absolute Gasteiger partial charge is 0.331 e. The zero-order valence-electron chi connectivity index (χ0n) is 16.0. The van der Waals surface area contributed by atoms with Gasteiger partial charge in [-0.25, -0.2) is 4.79 Å². The number of aliphatic hydroxyl groups is 1. The van der Waals surface area contributed by atoms with Gasteiger partial charge in [0.2, 0.25) is 0 Å². The van der Waals surface area contributed by atoms with Crippen molar-refractivity contribution in [3.8, 4) is 0 Å². The summed E-state index contributed by atoms with van der Waals surface area (Å²) in [5.41, 5.74) is 6.77. The maximum absolute atomic E-state index is 11.7. The minimum absolute atomic E-state index is 0.0269. The number of nitrogens with two attached hydrogens (primary N) is 1. The lowest BCUT2D eigenvalue weighted by molar-refractivity contribution is -0.132. The number of likely N-dealkylation sites (N-methyl/N-ethyl adjacent to an activating group) is 1. The van der Waals surface area contributed by atoms with Gasteiger partial charge in [-0.05, 0) is 25.6 Å². The van der Waals surface area contributed by atoms with Crippen molar-refractivity contribution < 1.29 is 15.0 Å². The third-order valence-electron chi connectivity index (χ3n) is 5.10. The topological polar surface area (TPSA) is 111 Å². The molecule has 27 heavy (non-hydrogen) atoms. The van der Waals surface area contributed by atoms with E-state index in [9.17, 15) is 15.0 Å². The van der Waals surface area contributed by atoms with Crippen LogP contribution in [0.3, 0.4) is 0 Å². The van der Waals surface area contributed by atoms with Crippen LogP contribution in [0.1, 0.15) is 32.8 Å². The second kappa shape index (κ2) is 8.22. The van der Waals surface area contributed by atoms with E-state index in [-0.39, 0.29) is 23.6 Å². The van der Waals surface area contributed by atoms with Crippen LogP contribution in [0, 0.1) is 5.41 Å². The second-order valence-electron chi connectivity index (χ2n) is 6.55. The van der Waals surface area contributed by atoms with Crippen LogP contribution in [0.2, 0.25) is 0 Å². The zero-order valence-corrected chi connectivity index (χ0v) is 16.0. The molecule has 6 heteroatoms. The molecule has 144 valence electrons. The van der Waals surface area contributed by atoms with Crippen LogP contribution in [0.15, 0.2) is 59.4 Å². The van der Waals surface area contributed by atoms with Crippen molar-refractivity contribution in [3.63, 3.8) is 0 Å². The maximum Gasteiger partial charge on any atom is 0.331 e. The molecule has 2 rings (SSSR count). The number of hydrogen-bond donors (Lipinski definition) is 4. The molecular formula is C21H27N3O3. The molecule has 1 aromatic rings. The summed E-state index contributed by atoms with van der Waals surface area (Å²) >= 11 is 0. The third-order valence-corrected chi connectivity index (χ3v) is 5.10. The fourth-order valence-electron chi connectivity index (χ4n) is 3.60. The first-order valence-electron chi connectivity index (χ1n) is 8.99. The van der Waals surface area contributed by atoms with Crippen LogP contribution in [0.25, 0.3) is 5.57 Å². The van der Waals surface area contributed by atoms with E-state index in [0.29, 0.717) is 29.8 Å². The van der Waals surface area contributed by atoms with E-state index >= 15 is 0 Å². The number of nitrogens with zero attached hydrogens (tertiary/aromatic N) is 1. The van der Waals surface area contributed by atoms with E-state index in [2.05, 4.69) is 0 Å². The molecule has 5 N–H and O–H groups in total. The molecule has 1 aliphatic rings. The molecule has 0 saturated heterocycles. The molecule has 0 radical (unpaired) electrons. The number of carbonyl (C=O) groups is 1. The Morgan fingerprint density at radius 1 is 1.26 bits per heavy atom. The molecule has 0 aliphatic heterocycles. The standard InChI is InChI=1S/C21H27N3O3/c1-4-24(5-2)21(20(22)23)12-11-16(17(25)13-21)18(14(3)19(26)27)15-9-7-6-8-10-15/h6-12,25H,4-5,13H2,1-3H3,(H3,22,23)(H,26,27)/b18-14+. The first-order chi connectivity index (χ1) is 12.8. The van der Waals surface area contributed by atoms with Gasteiger partial charge in [-0.1, -0.05) is 56.3 Å². The molecule has 0 amide bonds. The summed E-state index contributed by atoms with van der Waals surface area (Å²) in [6.07, 6.45) is 3.61. The van der Waals surface area contributed by atoms with Crippen LogP contribution in [-0.4, -0.2) is 45.5 Å². The highest BCUT2D eigenvalue weighted by Crippen LogP contribution is 2.38. The van der Waals surface area contributed by atoms with Gasteiger partial charge in [0.1, 0.15) is 17.1 Å². The molecule has 1 atom stereocenters. The zero-order chi connectivity index (χ0) is 20.2. The van der Waals surface area contributed by atoms with Gasteiger partial charge in [-0.3, -0.25) is 10.3 Å². The summed E-state index contributed by atoms with van der Waals surface area (Å²) in [5.74, 6) is -1.07. The lowest BCUT2D eigenvalue weighted by Crippen LogP contribution is -2.57. The molecule has 0 aromatic heterocycles. The fourth-order valence-corrected chi connectivity index (χ4v) is 3.60. The Bertz CT molecular complexity index is 820. The summed E-state index contributed by atoms with van der Waals surface area (Å²) < 4.78 is 0. The molecule has 0 saturated carbocycles. The molecule has 0 spiro atoms. The van der Waals surface area contributed by atoms with Crippen molar-refractivity contribution in [2.24, 2.45) is 5.73 Å². The first-order valence-corrected chi connectivity index (χ1v) is 8.99. The number of benzene rings is 1. The van der Waals surface area contributed by atoms with E-state index in [1.807, 2.05) is 49.1 Å². The van der Waals surface area contributed by atoms with E-state index < -0.39 is 11.5 Å². The van der Waals surface area contributed by atoms with Gasteiger partial charge >= 0.3 is 5.97 Å².